The smallest absolute Gasteiger partial charge is 0.417 e. The number of ether oxygens (including phenoxy) is 1. The van der Waals surface area contributed by atoms with Gasteiger partial charge in [-0.15, -0.1) is 11.3 Å². The standard InChI is InChI=1S/C25H25F3N2O6S2/c1-12-6-16(13(2)37-12)14-4-5-18(17(7-14)25(26,27)28)38(34,35)15-8-20(36-3)24(9-15,22(32)33)19-10-23(19,11-29)21(30)31/h4-7,15,19-20H,8-10H2,1-3H3,(H2,30,31)(H,32,33)/t15-,19?,20+,23?,24+/m0/s1. The lowest BCUT2D eigenvalue weighted by Gasteiger charge is -2.31. The number of hydrogen-bond acceptors (Lipinski definition) is 7. The van der Waals surface area contributed by atoms with E-state index in [2.05, 4.69) is 0 Å². The number of alkyl halides is 3. The summed E-state index contributed by atoms with van der Waals surface area (Å²) in [5, 5.41) is 18.2. The maximum Gasteiger partial charge on any atom is 0.417 e. The molecule has 2 saturated carbocycles. The Morgan fingerprint density at radius 1 is 1.24 bits per heavy atom. The molecule has 0 saturated heterocycles. The van der Waals surface area contributed by atoms with Gasteiger partial charge in [-0.25, -0.2) is 8.42 Å². The van der Waals surface area contributed by atoms with Gasteiger partial charge in [-0.1, -0.05) is 6.07 Å². The van der Waals surface area contributed by atoms with Crippen LogP contribution in [-0.4, -0.2) is 43.9 Å². The Hall–Kier alpha value is -2.95. The van der Waals surface area contributed by atoms with Crippen LogP contribution in [0.25, 0.3) is 11.1 Å². The minimum atomic E-state index is -5.01. The van der Waals surface area contributed by atoms with Gasteiger partial charge in [-0.2, -0.15) is 18.4 Å². The van der Waals surface area contributed by atoms with Crippen LogP contribution in [0.15, 0.2) is 29.2 Å². The zero-order chi connectivity index (χ0) is 28.4. The van der Waals surface area contributed by atoms with Crippen LogP contribution in [0.4, 0.5) is 13.2 Å². The Morgan fingerprint density at radius 3 is 2.34 bits per heavy atom. The predicted molar refractivity (Wildman–Crippen MR) is 131 cm³/mol. The molecule has 8 nitrogen and oxygen atoms in total. The van der Waals surface area contributed by atoms with Gasteiger partial charge >= 0.3 is 12.1 Å². The highest BCUT2D eigenvalue weighted by Crippen LogP contribution is 2.66. The third kappa shape index (κ3) is 4.10. The van der Waals surface area contributed by atoms with Crippen LogP contribution in [0.2, 0.25) is 0 Å². The topological polar surface area (TPSA) is 148 Å². The van der Waals surface area contributed by atoms with Crippen molar-refractivity contribution >= 4 is 33.1 Å². The van der Waals surface area contributed by atoms with Crippen molar-refractivity contribution in [3.8, 4) is 17.2 Å². The normalized spacial score (nSPS) is 29.1. The molecular weight excluding hydrogens is 545 g/mol. The van der Waals surface area contributed by atoms with E-state index in [0.29, 0.717) is 5.56 Å². The number of carboxylic acids is 1. The van der Waals surface area contributed by atoms with Crippen molar-refractivity contribution in [2.24, 2.45) is 22.5 Å². The van der Waals surface area contributed by atoms with E-state index in [1.165, 1.54) is 17.4 Å². The number of halogens is 3. The van der Waals surface area contributed by atoms with E-state index in [1.807, 2.05) is 6.92 Å². The Kier molecular flexibility index (Phi) is 6.70. The molecule has 5 atom stereocenters. The van der Waals surface area contributed by atoms with Gasteiger partial charge in [0.05, 0.1) is 27.9 Å². The molecule has 2 aliphatic carbocycles. The van der Waals surface area contributed by atoms with Gasteiger partial charge in [0.2, 0.25) is 5.91 Å². The number of primary amides is 1. The quantitative estimate of drug-likeness (QED) is 0.510. The summed E-state index contributed by atoms with van der Waals surface area (Å²) in [5.74, 6) is -3.68. The van der Waals surface area contributed by atoms with Gasteiger partial charge in [0.15, 0.2) is 9.84 Å². The molecule has 0 aliphatic heterocycles. The number of carboxylic acid groups (broad SMARTS) is 1. The maximum absolute atomic E-state index is 14.2. The number of amides is 1. The lowest BCUT2D eigenvalue weighted by Crippen LogP contribution is -2.44. The van der Waals surface area contributed by atoms with Crippen LogP contribution in [0.5, 0.6) is 0 Å². The van der Waals surface area contributed by atoms with Crippen molar-refractivity contribution in [2.75, 3.05) is 7.11 Å². The molecule has 1 heterocycles. The number of rotatable bonds is 7. The van der Waals surface area contributed by atoms with E-state index in [-0.39, 0.29) is 12.0 Å². The average molecular weight is 571 g/mol. The Balaban J connectivity index is 1.81. The number of aliphatic carboxylic acids is 1. The lowest BCUT2D eigenvalue weighted by atomic mass is 9.75. The first kappa shape index (κ1) is 28.1. The van der Waals surface area contributed by atoms with Crippen LogP contribution < -0.4 is 5.73 Å². The molecule has 13 heteroatoms. The molecular formula is C25H25F3N2O6S2. The first-order valence-corrected chi connectivity index (χ1v) is 13.9. The third-order valence-electron chi connectivity index (χ3n) is 7.90. The fraction of sp³-hybridized carbons (Fsp3) is 0.480. The number of sulfone groups is 1. The van der Waals surface area contributed by atoms with Crippen molar-refractivity contribution in [2.45, 2.75) is 55.5 Å². The molecule has 0 spiro atoms. The number of hydrogen-bond donors (Lipinski definition) is 2. The summed E-state index contributed by atoms with van der Waals surface area (Å²) in [6.07, 6.45) is -7.56. The fourth-order valence-electron chi connectivity index (χ4n) is 5.92. The number of carbonyl (C=O) groups excluding carboxylic acids is 1. The van der Waals surface area contributed by atoms with Crippen molar-refractivity contribution in [1.29, 1.82) is 5.26 Å². The number of aryl methyl sites for hydroxylation is 2. The van der Waals surface area contributed by atoms with Crippen molar-refractivity contribution in [1.82, 2.24) is 0 Å². The SMILES string of the molecule is CO[C@@H]1C[C@H](S(=O)(=O)c2ccc(-c3cc(C)sc3C)cc2C(F)(F)F)C[C@@]1(C(=O)O)C1CC1(C#N)C(N)=O. The molecule has 2 unspecified atom stereocenters. The molecule has 0 bridgehead atoms. The van der Waals surface area contributed by atoms with Crippen LogP contribution >= 0.6 is 11.3 Å². The number of methoxy groups -OCH3 is 1. The number of benzene rings is 1. The number of thiophene rings is 1. The number of nitrogens with zero attached hydrogens (tertiary/aromatic N) is 1. The van der Waals surface area contributed by atoms with Crippen molar-refractivity contribution in [3.63, 3.8) is 0 Å². The van der Waals surface area contributed by atoms with Gasteiger partial charge in [-0.3, -0.25) is 9.59 Å². The highest BCUT2D eigenvalue weighted by atomic mass is 32.2. The van der Waals surface area contributed by atoms with Crippen LogP contribution in [0.3, 0.4) is 0 Å². The summed E-state index contributed by atoms with van der Waals surface area (Å²) in [7, 11) is -3.58. The minimum absolute atomic E-state index is 0.206. The van der Waals surface area contributed by atoms with Gasteiger partial charge < -0.3 is 15.6 Å². The number of carbonyl (C=O) groups is 2. The number of nitriles is 1. The molecule has 38 heavy (non-hydrogen) atoms. The van der Waals surface area contributed by atoms with Crippen LogP contribution in [-0.2, 0) is 30.3 Å². The van der Waals surface area contributed by atoms with Gasteiger partial charge in [-0.05, 0) is 62.4 Å². The van der Waals surface area contributed by atoms with Gasteiger partial charge in [0.1, 0.15) is 10.8 Å². The average Bonchev–Trinajstić information content (AvgIpc) is 3.31. The first-order valence-electron chi connectivity index (χ1n) is 11.6. The summed E-state index contributed by atoms with van der Waals surface area (Å²) in [5.41, 5.74) is 0.957. The number of nitrogens with two attached hydrogens (primary N) is 1. The predicted octanol–water partition coefficient (Wildman–Crippen LogP) is 4.09. The van der Waals surface area contributed by atoms with Gasteiger partial charge in [0, 0.05) is 22.8 Å². The monoisotopic (exact) mass is 570 g/mol. The van der Waals surface area contributed by atoms with Crippen LogP contribution in [0, 0.1) is 41.9 Å². The van der Waals surface area contributed by atoms with E-state index in [4.69, 9.17) is 10.5 Å². The summed E-state index contributed by atoms with van der Waals surface area (Å²) >= 11 is 1.40. The van der Waals surface area contributed by atoms with Gasteiger partial charge in [0.25, 0.3) is 0 Å². The second-order valence-corrected chi connectivity index (χ2v) is 13.6. The highest BCUT2D eigenvalue weighted by Gasteiger charge is 2.75. The zero-order valence-electron chi connectivity index (χ0n) is 20.6. The molecule has 2 aliphatic rings. The third-order valence-corrected chi connectivity index (χ3v) is 11.1. The first-order chi connectivity index (χ1) is 17.6. The molecule has 0 radical (unpaired) electrons. The Morgan fingerprint density at radius 2 is 1.89 bits per heavy atom. The fourth-order valence-corrected chi connectivity index (χ4v) is 8.89. The molecule has 1 amide bonds. The second-order valence-electron chi connectivity index (χ2n) is 9.92. The molecule has 4 rings (SSSR count). The van der Waals surface area contributed by atoms with Crippen molar-refractivity contribution in [3.05, 3.63) is 39.6 Å². The van der Waals surface area contributed by atoms with E-state index >= 15 is 0 Å². The molecule has 1 aromatic carbocycles. The Bertz CT molecular complexity index is 1480. The lowest BCUT2D eigenvalue weighted by molar-refractivity contribution is -0.159. The summed E-state index contributed by atoms with van der Waals surface area (Å²) < 4.78 is 75.3. The Labute approximate surface area is 221 Å². The molecule has 2 aromatic rings. The van der Waals surface area contributed by atoms with E-state index < -0.39 is 79.3 Å². The highest BCUT2D eigenvalue weighted by molar-refractivity contribution is 7.92. The molecule has 3 N–H and O–H groups in total. The maximum atomic E-state index is 14.2. The van der Waals surface area contributed by atoms with E-state index in [1.54, 1.807) is 19.1 Å². The van der Waals surface area contributed by atoms with E-state index in [9.17, 15) is 41.5 Å². The van der Waals surface area contributed by atoms with E-state index in [0.717, 1.165) is 29.0 Å². The summed E-state index contributed by atoms with van der Waals surface area (Å²) in [6, 6.07) is 6.48. The van der Waals surface area contributed by atoms with Crippen LogP contribution in [0.1, 0.15) is 34.6 Å². The summed E-state index contributed by atoms with van der Waals surface area (Å²) in [4.78, 5) is 25.2. The summed E-state index contributed by atoms with van der Waals surface area (Å²) in [6.45, 7) is 3.57. The largest absolute Gasteiger partial charge is 0.481 e. The molecule has 1 aromatic heterocycles. The molecule has 2 fully saturated rings. The van der Waals surface area contributed by atoms with Crippen molar-refractivity contribution < 1.29 is 41.0 Å². The zero-order valence-corrected chi connectivity index (χ0v) is 22.3. The minimum Gasteiger partial charge on any atom is -0.481 e. The second kappa shape index (κ2) is 9.07. The molecule has 204 valence electrons.